The molecule has 1 aromatic carbocycles. The first-order valence-corrected chi connectivity index (χ1v) is 6.81. The van der Waals surface area contributed by atoms with Crippen LogP contribution in [0.2, 0.25) is 0 Å². The van der Waals surface area contributed by atoms with Crippen LogP contribution in [0.15, 0.2) is 18.2 Å². The normalized spacial score (nSPS) is 22.3. The molecule has 2 aliphatic rings. The molecule has 92 valence electrons. The third-order valence-electron chi connectivity index (χ3n) is 3.67. The van der Waals surface area contributed by atoms with E-state index in [1.165, 1.54) is 36.8 Å². The van der Waals surface area contributed by atoms with Gasteiger partial charge in [-0.05, 0) is 50.8 Å². The topological polar surface area (TPSA) is 21.3 Å². The van der Waals surface area contributed by atoms with Crippen LogP contribution < -0.4 is 10.1 Å². The lowest BCUT2D eigenvalue weighted by molar-refractivity contribution is 0.217. The van der Waals surface area contributed by atoms with Gasteiger partial charge in [0.25, 0.3) is 0 Å². The number of hydrogen-bond acceptors (Lipinski definition) is 2. The quantitative estimate of drug-likeness (QED) is 0.787. The zero-order valence-corrected chi connectivity index (χ0v) is 10.5. The van der Waals surface area contributed by atoms with Gasteiger partial charge in [-0.25, -0.2) is 0 Å². The third-order valence-corrected chi connectivity index (χ3v) is 3.67. The molecule has 2 heteroatoms. The Bertz CT molecular complexity index is 398. The molecule has 0 bridgehead atoms. The van der Waals surface area contributed by atoms with E-state index >= 15 is 0 Å². The molecule has 3 rings (SSSR count). The van der Waals surface area contributed by atoms with Crippen molar-refractivity contribution in [1.82, 2.24) is 5.32 Å². The van der Waals surface area contributed by atoms with Gasteiger partial charge in [0.05, 0.1) is 0 Å². The Labute approximate surface area is 103 Å². The molecule has 0 amide bonds. The van der Waals surface area contributed by atoms with Gasteiger partial charge in [0, 0.05) is 12.5 Å². The molecule has 1 saturated carbocycles. The van der Waals surface area contributed by atoms with Crippen molar-refractivity contribution in [3.8, 4) is 5.75 Å². The number of benzene rings is 1. The first kappa shape index (κ1) is 11.1. The summed E-state index contributed by atoms with van der Waals surface area (Å²) in [5, 5.41) is 3.56. The maximum absolute atomic E-state index is 5.96. The van der Waals surface area contributed by atoms with Crippen molar-refractivity contribution in [3.05, 3.63) is 29.3 Å². The summed E-state index contributed by atoms with van der Waals surface area (Å²) in [7, 11) is 0. The van der Waals surface area contributed by atoms with Crippen LogP contribution in [0.25, 0.3) is 0 Å². The standard InChI is InChI=1S/C15H21NO/c1-11-4-7-15-12(9-11)10-14(17-15)3-2-8-16-13-5-6-13/h4,7,9,13-14,16H,2-3,5-6,8,10H2,1H3. The molecule has 1 aromatic rings. The molecule has 0 saturated heterocycles. The second kappa shape index (κ2) is 4.69. The van der Waals surface area contributed by atoms with E-state index in [0.29, 0.717) is 6.10 Å². The molecule has 1 fully saturated rings. The number of fused-ring (bicyclic) bond motifs is 1. The molecule has 2 nitrogen and oxygen atoms in total. The van der Waals surface area contributed by atoms with Crippen molar-refractivity contribution in [1.29, 1.82) is 0 Å². The number of nitrogens with one attached hydrogen (secondary N) is 1. The molecule has 1 aliphatic carbocycles. The smallest absolute Gasteiger partial charge is 0.123 e. The summed E-state index contributed by atoms with van der Waals surface area (Å²) in [5.74, 6) is 1.11. The third kappa shape index (κ3) is 2.81. The van der Waals surface area contributed by atoms with Gasteiger partial charge in [-0.3, -0.25) is 0 Å². The Balaban J connectivity index is 1.44. The first-order chi connectivity index (χ1) is 8.31. The van der Waals surface area contributed by atoms with Crippen LogP contribution in [-0.2, 0) is 6.42 Å². The highest BCUT2D eigenvalue weighted by Gasteiger charge is 2.23. The number of aryl methyl sites for hydroxylation is 1. The van der Waals surface area contributed by atoms with Gasteiger partial charge in [0.2, 0.25) is 0 Å². The summed E-state index contributed by atoms with van der Waals surface area (Å²) in [6, 6.07) is 7.35. The number of ether oxygens (including phenoxy) is 1. The molecule has 1 heterocycles. The largest absolute Gasteiger partial charge is 0.490 e. The van der Waals surface area contributed by atoms with E-state index in [0.717, 1.165) is 24.8 Å². The highest BCUT2D eigenvalue weighted by Crippen LogP contribution is 2.31. The van der Waals surface area contributed by atoms with Crippen molar-refractivity contribution >= 4 is 0 Å². The number of hydrogen-bond donors (Lipinski definition) is 1. The second-order valence-corrected chi connectivity index (χ2v) is 5.43. The van der Waals surface area contributed by atoms with Gasteiger partial charge < -0.3 is 10.1 Å². The molecule has 1 aliphatic heterocycles. The summed E-state index contributed by atoms with van der Waals surface area (Å²) < 4.78 is 5.96. The zero-order valence-electron chi connectivity index (χ0n) is 10.5. The van der Waals surface area contributed by atoms with Crippen LogP contribution in [0.1, 0.15) is 36.8 Å². The summed E-state index contributed by atoms with van der Waals surface area (Å²) in [5.41, 5.74) is 2.73. The average molecular weight is 231 g/mol. The molecule has 1 N–H and O–H groups in total. The lowest BCUT2D eigenvalue weighted by Crippen LogP contribution is -2.20. The molecular weight excluding hydrogens is 210 g/mol. The first-order valence-electron chi connectivity index (χ1n) is 6.81. The lowest BCUT2D eigenvalue weighted by Gasteiger charge is -2.10. The summed E-state index contributed by atoms with van der Waals surface area (Å²) in [6.45, 7) is 3.30. The molecular formula is C15H21NO. The fourth-order valence-electron chi connectivity index (χ4n) is 2.53. The average Bonchev–Trinajstić information content (AvgIpc) is 3.04. The van der Waals surface area contributed by atoms with Crippen molar-refractivity contribution in [2.75, 3.05) is 6.54 Å². The Morgan fingerprint density at radius 1 is 1.35 bits per heavy atom. The molecule has 0 spiro atoms. The van der Waals surface area contributed by atoms with Gasteiger partial charge in [-0.15, -0.1) is 0 Å². The van der Waals surface area contributed by atoms with Crippen LogP contribution in [-0.4, -0.2) is 18.7 Å². The number of rotatable bonds is 5. The van der Waals surface area contributed by atoms with Crippen LogP contribution in [0.4, 0.5) is 0 Å². The van der Waals surface area contributed by atoms with E-state index in [-0.39, 0.29) is 0 Å². The fourth-order valence-corrected chi connectivity index (χ4v) is 2.53. The minimum atomic E-state index is 0.410. The van der Waals surface area contributed by atoms with Crippen molar-refractivity contribution in [2.45, 2.75) is 51.2 Å². The van der Waals surface area contributed by atoms with Crippen LogP contribution in [0, 0.1) is 6.92 Å². The second-order valence-electron chi connectivity index (χ2n) is 5.43. The summed E-state index contributed by atoms with van der Waals surface area (Å²) in [4.78, 5) is 0. The van der Waals surface area contributed by atoms with Crippen molar-refractivity contribution in [2.24, 2.45) is 0 Å². The maximum atomic E-state index is 5.96. The molecule has 0 radical (unpaired) electrons. The van der Waals surface area contributed by atoms with Gasteiger partial charge in [-0.2, -0.15) is 0 Å². The maximum Gasteiger partial charge on any atom is 0.123 e. The highest BCUT2D eigenvalue weighted by molar-refractivity contribution is 5.40. The molecule has 1 unspecified atom stereocenters. The Morgan fingerprint density at radius 3 is 3.06 bits per heavy atom. The van der Waals surface area contributed by atoms with Crippen molar-refractivity contribution in [3.63, 3.8) is 0 Å². The van der Waals surface area contributed by atoms with E-state index in [2.05, 4.69) is 30.4 Å². The lowest BCUT2D eigenvalue weighted by atomic mass is 10.0. The van der Waals surface area contributed by atoms with E-state index in [9.17, 15) is 0 Å². The van der Waals surface area contributed by atoms with Gasteiger partial charge in [0.1, 0.15) is 11.9 Å². The van der Waals surface area contributed by atoms with E-state index < -0.39 is 0 Å². The molecule has 0 aromatic heterocycles. The zero-order chi connectivity index (χ0) is 11.7. The SMILES string of the molecule is Cc1ccc2c(c1)CC(CCCNC1CC1)O2. The van der Waals surface area contributed by atoms with Gasteiger partial charge in [-0.1, -0.05) is 17.7 Å². The minimum absolute atomic E-state index is 0.410. The summed E-state index contributed by atoms with van der Waals surface area (Å²) in [6.07, 6.45) is 6.67. The minimum Gasteiger partial charge on any atom is -0.490 e. The van der Waals surface area contributed by atoms with Crippen LogP contribution in [0.5, 0.6) is 5.75 Å². The van der Waals surface area contributed by atoms with Crippen LogP contribution >= 0.6 is 0 Å². The predicted molar refractivity (Wildman–Crippen MR) is 69.6 cm³/mol. The van der Waals surface area contributed by atoms with E-state index in [1.807, 2.05) is 0 Å². The van der Waals surface area contributed by atoms with Gasteiger partial charge >= 0.3 is 0 Å². The highest BCUT2D eigenvalue weighted by atomic mass is 16.5. The Hall–Kier alpha value is -1.02. The monoisotopic (exact) mass is 231 g/mol. The Morgan fingerprint density at radius 2 is 2.24 bits per heavy atom. The van der Waals surface area contributed by atoms with Crippen LogP contribution in [0.3, 0.4) is 0 Å². The van der Waals surface area contributed by atoms with Gasteiger partial charge in [0.15, 0.2) is 0 Å². The Kier molecular flexibility index (Phi) is 3.06. The predicted octanol–water partition coefficient (Wildman–Crippen LogP) is 2.83. The van der Waals surface area contributed by atoms with E-state index in [4.69, 9.17) is 4.74 Å². The van der Waals surface area contributed by atoms with Crippen molar-refractivity contribution < 1.29 is 4.74 Å². The fraction of sp³-hybridized carbons (Fsp3) is 0.600. The van der Waals surface area contributed by atoms with E-state index in [1.54, 1.807) is 0 Å². The molecule has 1 atom stereocenters. The molecule has 17 heavy (non-hydrogen) atoms. The summed E-state index contributed by atoms with van der Waals surface area (Å²) >= 11 is 0.